The molecule has 3 rings (SSSR count). The monoisotopic (exact) mass is 438 g/mol. The molecule has 8 nitrogen and oxygen atoms in total. The first-order valence-corrected chi connectivity index (χ1v) is 10.8. The van der Waals surface area contributed by atoms with Crippen molar-refractivity contribution in [3.63, 3.8) is 0 Å². The Kier molecular flexibility index (Phi) is 8.21. The van der Waals surface area contributed by atoms with Crippen molar-refractivity contribution in [2.24, 2.45) is 5.92 Å². The average molecular weight is 439 g/mol. The van der Waals surface area contributed by atoms with Crippen molar-refractivity contribution >= 4 is 34.8 Å². The van der Waals surface area contributed by atoms with Crippen molar-refractivity contribution in [3.8, 4) is 0 Å². The van der Waals surface area contributed by atoms with E-state index in [1.54, 1.807) is 53.4 Å². The number of carbonyl (C=O) groups is 3. The summed E-state index contributed by atoms with van der Waals surface area (Å²) in [7, 11) is 0. The quantitative estimate of drug-likeness (QED) is 0.588. The van der Waals surface area contributed by atoms with Gasteiger partial charge in [0.15, 0.2) is 0 Å². The Morgan fingerprint density at radius 2 is 1.56 bits per heavy atom. The fourth-order valence-electron chi connectivity index (χ4n) is 3.32. The van der Waals surface area contributed by atoms with Crippen molar-refractivity contribution in [1.29, 1.82) is 0 Å². The Labute approximate surface area is 188 Å². The third-order valence-corrected chi connectivity index (χ3v) is 4.91. The second kappa shape index (κ2) is 11.3. The van der Waals surface area contributed by atoms with Crippen LogP contribution in [0.5, 0.6) is 0 Å². The van der Waals surface area contributed by atoms with Gasteiger partial charge in [-0.3, -0.25) is 14.4 Å². The smallest absolute Gasteiger partial charge is 0.254 e. The van der Waals surface area contributed by atoms with Crippen LogP contribution in [0.2, 0.25) is 0 Å². The van der Waals surface area contributed by atoms with E-state index in [0.717, 1.165) is 5.69 Å². The summed E-state index contributed by atoms with van der Waals surface area (Å²) in [4.78, 5) is 38.5. The minimum Gasteiger partial charge on any atom is -0.378 e. The van der Waals surface area contributed by atoms with Crippen LogP contribution in [0.3, 0.4) is 0 Å². The maximum atomic E-state index is 12.6. The highest BCUT2D eigenvalue weighted by Crippen LogP contribution is 2.16. The Bertz CT molecular complexity index is 937. The van der Waals surface area contributed by atoms with Crippen LogP contribution in [0.15, 0.2) is 48.5 Å². The van der Waals surface area contributed by atoms with Crippen molar-refractivity contribution in [2.45, 2.75) is 20.3 Å². The number of nitrogens with one attached hydrogen (secondary N) is 3. The zero-order valence-corrected chi connectivity index (χ0v) is 18.5. The van der Waals surface area contributed by atoms with Gasteiger partial charge < -0.3 is 25.6 Å². The summed E-state index contributed by atoms with van der Waals surface area (Å²) in [5.41, 5.74) is 2.58. The summed E-state index contributed by atoms with van der Waals surface area (Å²) in [6.45, 7) is 6.28. The summed E-state index contributed by atoms with van der Waals surface area (Å²) in [5, 5.41) is 8.72. The second-order valence-corrected chi connectivity index (χ2v) is 8.11. The van der Waals surface area contributed by atoms with E-state index in [-0.39, 0.29) is 24.3 Å². The standard InChI is InChI=1S/C24H30N4O4/c1-17(2)14-22(29)26-20-8-6-19(7-9-20)25-16-23(30)27-21-5-3-4-18(15-21)24(31)28-10-12-32-13-11-28/h3-9,15,17,25H,10-14,16H2,1-2H3,(H,26,29)(H,27,30). The molecule has 0 unspecified atom stereocenters. The second-order valence-electron chi connectivity index (χ2n) is 8.11. The van der Waals surface area contributed by atoms with Gasteiger partial charge in [0, 0.05) is 42.1 Å². The van der Waals surface area contributed by atoms with Gasteiger partial charge in [0.2, 0.25) is 11.8 Å². The average Bonchev–Trinajstić information content (AvgIpc) is 2.78. The minimum absolute atomic E-state index is 0.0191. The highest BCUT2D eigenvalue weighted by Gasteiger charge is 2.18. The molecule has 0 saturated carbocycles. The maximum absolute atomic E-state index is 12.6. The number of amides is 3. The molecular formula is C24H30N4O4. The molecule has 1 aliphatic rings. The van der Waals surface area contributed by atoms with Crippen LogP contribution in [0.25, 0.3) is 0 Å². The third kappa shape index (κ3) is 7.09. The van der Waals surface area contributed by atoms with Gasteiger partial charge in [-0.25, -0.2) is 0 Å². The first-order chi connectivity index (χ1) is 15.4. The van der Waals surface area contributed by atoms with Gasteiger partial charge in [-0.15, -0.1) is 0 Å². The Balaban J connectivity index is 1.48. The SMILES string of the molecule is CC(C)CC(=O)Nc1ccc(NCC(=O)Nc2cccc(C(=O)N3CCOCC3)c2)cc1. The molecule has 1 heterocycles. The molecule has 1 aliphatic heterocycles. The number of hydrogen-bond acceptors (Lipinski definition) is 5. The van der Waals surface area contributed by atoms with Crippen LogP contribution in [-0.4, -0.2) is 55.5 Å². The predicted molar refractivity (Wildman–Crippen MR) is 125 cm³/mol. The fourth-order valence-corrected chi connectivity index (χ4v) is 3.32. The molecule has 1 fully saturated rings. The van der Waals surface area contributed by atoms with Gasteiger partial charge in [0.25, 0.3) is 5.91 Å². The lowest BCUT2D eigenvalue weighted by atomic mass is 10.1. The molecule has 0 bridgehead atoms. The highest BCUT2D eigenvalue weighted by atomic mass is 16.5. The van der Waals surface area contributed by atoms with Gasteiger partial charge in [0.05, 0.1) is 19.8 Å². The Morgan fingerprint density at radius 3 is 2.25 bits per heavy atom. The number of morpholine rings is 1. The fraction of sp³-hybridized carbons (Fsp3) is 0.375. The van der Waals surface area contributed by atoms with Gasteiger partial charge in [-0.1, -0.05) is 19.9 Å². The largest absolute Gasteiger partial charge is 0.378 e. The summed E-state index contributed by atoms with van der Waals surface area (Å²) < 4.78 is 5.29. The van der Waals surface area contributed by atoms with E-state index in [9.17, 15) is 14.4 Å². The van der Waals surface area contributed by atoms with E-state index in [0.29, 0.717) is 55.6 Å². The first-order valence-electron chi connectivity index (χ1n) is 10.8. The highest BCUT2D eigenvalue weighted by molar-refractivity contribution is 5.98. The Hall–Kier alpha value is -3.39. The van der Waals surface area contributed by atoms with Gasteiger partial charge >= 0.3 is 0 Å². The number of carbonyl (C=O) groups excluding carboxylic acids is 3. The van der Waals surface area contributed by atoms with Crippen LogP contribution in [0, 0.1) is 5.92 Å². The predicted octanol–water partition coefficient (Wildman–Crippen LogP) is 3.19. The topological polar surface area (TPSA) is 99.8 Å². The zero-order valence-electron chi connectivity index (χ0n) is 18.5. The Morgan fingerprint density at radius 1 is 0.906 bits per heavy atom. The van der Waals surface area contributed by atoms with E-state index >= 15 is 0 Å². The number of rotatable bonds is 8. The molecule has 3 N–H and O–H groups in total. The van der Waals surface area contributed by atoms with E-state index in [2.05, 4.69) is 16.0 Å². The molecule has 8 heteroatoms. The molecule has 0 radical (unpaired) electrons. The summed E-state index contributed by atoms with van der Waals surface area (Å²) >= 11 is 0. The van der Waals surface area contributed by atoms with Gasteiger partial charge in [-0.2, -0.15) is 0 Å². The van der Waals surface area contributed by atoms with Gasteiger partial charge in [0.1, 0.15) is 0 Å². The van der Waals surface area contributed by atoms with E-state index in [4.69, 9.17) is 4.74 Å². The molecule has 0 spiro atoms. The molecule has 2 aromatic rings. The molecule has 2 aromatic carbocycles. The summed E-state index contributed by atoms with van der Waals surface area (Å²) in [6, 6.07) is 14.1. The third-order valence-electron chi connectivity index (χ3n) is 4.91. The van der Waals surface area contributed by atoms with Crippen LogP contribution in [-0.2, 0) is 14.3 Å². The van der Waals surface area contributed by atoms with E-state index < -0.39 is 0 Å². The van der Waals surface area contributed by atoms with Crippen LogP contribution < -0.4 is 16.0 Å². The molecule has 3 amide bonds. The maximum Gasteiger partial charge on any atom is 0.254 e. The van der Waals surface area contributed by atoms with Crippen LogP contribution >= 0.6 is 0 Å². The van der Waals surface area contributed by atoms with Crippen molar-refractivity contribution < 1.29 is 19.1 Å². The first kappa shape index (κ1) is 23.3. The van der Waals surface area contributed by atoms with Crippen molar-refractivity contribution in [2.75, 3.05) is 48.8 Å². The lowest BCUT2D eigenvalue weighted by Crippen LogP contribution is -2.40. The molecular weight excluding hydrogens is 408 g/mol. The molecule has 0 aromatic heterocycles. The number of anilines is 3. The van der Waals surface area contributed by atoms with Gasteiger partial charge in [-0.05, 0) is 48.4 Å². The summed E-state index contributed by atoms with van der Waals surface area (Å²) in [6.07, 6.45) is 0.472. The van der Waals surface area contributed by atoms with Crippen LogP contribution in [0.4, 0.5) is 17.1 Å². The van der Waals surface area contributed by atoms with E-state index in [1.807, 2.05) is 13.8 Å². The van der Waals surface area contributed by atoms with Crippen LogP contribution in [0.1, 0.15) is 30.6 Å². The number of ether oxygens (including phenoxy) is 1. The number of hydrogen-bond donors (Lipinski definition) is 3. The molecule has 170 valence electrons. The number of nitrogens with zero attached hydrogens (tertiary/aromatic N) is 1. The van der Waals surface area contributed by atoms with Crippen molar-refractivity contribution in [1.82, 2.24) is 4.90 Å². The van der Waals surface area contributed by atoms with E-state index in [1.165, 1.54) is 0 Å². The molecule has 1 saturated heterocycles. The molecule has 0 atom stereocenters. The summed E-state index contributed by atoms with van der Waals surface area (Å²) in [5.74, 6) is -0.0135. The lowest BCUT2D eigenvalue weighted by molar-refractivity contribution is -0.117. The molecule has 0 aliphatic carbocycles. The normalized spacial score (nSPS) is 13.5. The van der Waals surface area contributed by atoms with Crippen molar-refractivity contribution in [3.05, 3.63) is 54.1 Å². The zero-order chi connectivity index (χ0) is 22.9. The number of benzene rings is 2. The minimum atomic E-state index is -0.227. The molecule has 32 heavy (non-hydrogen) atoms. The lowest BCUT2D eigenvalue weighted by Gasteiger charge is -2.27.